The lowest BCUT2D eigenvalue weighted by molar-refractivity contribution is -0.137. The molecule has 2 aromatic rings. The van der Waals surface area contributed by atoms with E-state index in [9.17, 15) is 13.2 Å². The van der Waals surface area contributed by atoms with Crippen molar-refractivity contribution in [3.8, 4) is 11.5 Å². The number of guanidine groups is 1. The van der Waals surface area contributed by atoms with E-state index >= 15 is 0 Å². The Balaban J connectivity index is 1.45. The number of nitrogens with one attached hydrogen (secondary N) is 2. The van der Waals surface area contributed by atoms with Crippen LogP contribution in [0.1, 0.15) is 16.7 Å². The van der Waals surface area contributed by atoms with Crippen molar-refractivity contribution in [2.24, 2.45) is 4.99 Å². The average molecular weight is 379 g/mol. The summed E-state index contributed by atoms with van der Waals surface area (Å²) in [7, 11) is 1.66. The van der Waals surface area contributed by atoms with Gasteiger partial charge in [-0.15, -0.1) is 0 Å². The molecule has 8 heteroatoms. The van der Waals surface area contributed by atoms with Gasteiger partial charge in [0.1, 0.15) is 0 Å². The van der Waals surface area contributed by atoms with Gasteiger partial charge in [0, 0.05) is 20.1 Å². The largest absolute Gasteiger partial charge is 0.454 e. The zero-order valence-electron chi connectivity index (χ0n) is 14.8. The third kappa shape index (κ3) is 5.06. The van der Waals surface area contributed by atoms with Crippen molar-refractivity contribution in [3.05, 3.63) is 59.2 Å². The molecule has 5 nitrogen and oxygen atoms in total. The number of ether oxygens (including phenoxy) is 2. The van der Waals surface area contributed by atoms with Crippen LogP contribution in [0.5, 0.6) is 11.5 Å². The number of fused-ring (bicyclic) bond motifs is 1. The number of rotatable bonds is 5. The second kappa shape index (κ2) is 8.20. The van der Waals surface area contributed by atoms with E-state index in [-0.39, 0.29) is 6.79 Å². The lowest BCUT2D eigenvalue weighted by Gasteiger charge is -2.12. The Hall–Kier alpha value is -2.90. The first-order valence-electron chi connectivity index (χ1n) is 8.45. The van der Waals surface area contributed by atoms with Crippen LogP contribution in [0.3, 0.4) is 0 Å². The van der Waals surface area contributed by atoms with Crippen LogP contribution >= 0.6 is 0 Å². The summed E-state index contributed by atoms with van der Waals surface area (Å²) in [6.45, 7) is 1.34. The fraction of sp³-hybridized carbons (Fsp3) is 0.316. The summed E-state index contributed by atoms with van der Waals surface area (Å²) < 4.78 is 48.3. The highest BCUT2D eigenvalue weighted by Crippen LogP contribution is 2.32. The first kappa shape index (κ1) is 18.9. The highest BCUT2D eigenvalue weighted by Gasteiger charge is 2.29. The SMILES string of the molecule is CN=C(NCCc1ccc(C(F)(F)F)cc1)NCc1ccc2c(c1)OCO2. The van der Waals surface area contributed by atoms with E-state index in [1.165, 1.54) is 12.1 Å². The highest BCUT2D eigenvalue weighted by atomic mass is 19.4. The number of benzene rings is 2. The summed E-state index contributed by atoms with van der Waals surface area (Å²) in [5, 5.41) is 6.33. The van der Waals surface area contributed by atoms with Gasteiger partial charge in [-0.2, -0.15) is 13.2 Å². The molecule has 0 amide bonds. The van der Waals surface area contributed by atoms with Crippen LogP contribution in [-0.2, 0) is 19.1 Å². The molecule has 0 saturated heterocycles. The van der Waals surface area contributed by atoms with Crippen LogP contribution in [0, 0.1) is 0 Å². The molecule has 0 unspecified atom stereocenters. The number of alkyl halides is 3. The van der Waals surface area contributed by atoms with E-state index in [0.717, 1.165) is 34.8 Å². The third-order valence-electron chi connectivity index (χ3n) is 4.11. The molecule has 144 valence electrons. The van der Waals surface area contributed by atoms with Crippen LogP contribution < -0.4 is 20.1 Å². The fourth-order valence-corrected chi connectivity index (χ4v) is 2.64. The van der Waals surface area contributed by atoms with Gasteiger partial charge in [-0.05, 0) is 41.8 Å². The molecule has 1 aliphatic heterocycles. The van der Waals surface area contributed by atoms with Crippen molar-refractivity contribution in [2.45, 2.75) is 19.1 Å². The summed E-state index contributed by atoms with van der Waals surface area (Å²) in [6, 6.07) is 10.9. The van der Waals surface area contributed by atoms with E-state index in [0.29, 0.717) is 25.5 Å². The Labute approximate surface area is 155 Å². The molecule has 0 radical (unpaired) electrons. The van der Waals surface area contributed by atoms with E-state index in [2.05, 4.69) is 15.6 Å². The van der Waals surface area contributed by atoms with Gasteiger partial charge < -0.3 is 20.1 Å². The van der Waals surface area contributed by atoms with Gasteiger partial charge in [-0.1, -0.05) is 18.2 Å². The smallest absolute Gasteiger partial charge is 0.416 e. The molecule has 0 aromatic heterocycles. The van der Waals surface area contributed by atoms with E-state index in [4.69, 9.17) is 9.47 Å². The molecule has 0 spiro atoms. The number of hydrogen-bond acceptors (Lipinski definition) is 3. The van der Waals surface area contributed by atoms with Gasteiger partial charge in [0.15, 0.2) is 17.5 Å². The Morgan fingerprint density at radius 2 is 1.70 bits per heavy atom. The molecule has 27 heavy (non-hydrogen) atoms. The van der Waals surface area contributed by atoms with Crippen molar-refractivity contribution in [1.82, 2.24) is 10.6 Å². The molecule has 0 saturated carbocycles. The van der Waals surface area contributed by atoms with Crippen molar-refractivity contribution in [3.63, 3.8) is 0 Å². The Morgan fingerprint density at radius 1 is 1.00 bits per heavy atom. The zero-order chi connectivity index (χ0) is 19.3. The molecule has 0 bridgehead atoms. The Bertz CT molecular complexity index is 805. The van der Waals surface area contributed by atoms with Crippen molar-refractivity contribution >= 4 is 5.96 Å². The summed E-state index contributed by atoms with van der Waals surface area (Å²) in [4.78, 5) is 4.14. The van der Waals surface area contributed by atoms with Gasteiger partial charge in [0.25, 0.3) is 0 Å². The summed E-state index contributed by atoms with van der Waals surface area (Å²) in [5.41, 5.74) is 1.20. The first-order chi connectivity index (χ1) is 13.0. The fourth-order valence-electron chi connectivity index (χ4n) is 2.64. The van der Waals surface area contributed by atoms with Crippen LogP contribution in [0.2, 0.25) is 0 Å². The molecule has 2 N–H and O–H groups in total. The van der Waals surface area contributed by atoms with Crippen molar-refractivity contribution < 1.29 is 22.6 Å². The molecule has 1 aliphatic rings. The zero-order valence-corrected chi connectivity index (χ0v) is 14.8. The highest BCUT2D eigenvalue weighted by molar-refractivity contribution is 5.79. The van der Waals surface area contributed by atoms with Gasteiger partial charge in [-0.25, -0.2) is 0 Å². The van der Waals surface area contributed by atoms with E-state index < -0.39 is 11.7 Å². The van der Waals surface area contributed by atoms with Crippen molar-refractivity contribution in [1.29, 1.82) is 0 Å². The molecule has 2 aromatic carbocycles. The summed E-state index contributed by atoms with van der Waals surface area (Å²) in [6.07, 6.45) is -3.72. The van der Waals surface area contributed by atoms with E-state index in [1.54, 1.807) is 7.05 Å². The van der Waals surface area contributed by atoms with Gasteiger partial charge in [0.05, 0.1) is 5.56 Å². The maximum atomic E-state index is 12.6. The predicted molar refractivity (Wildman–Crippen MR) is 95.9 cm³/mol. The van der Waals surface area contributed by atoms with Crippen molar-refractivity contribution in [2.75, 3.05) is 20.4 Å². The number of aliphatic imine (C=N–C) groups is 1. The normalized spacial score (nSPS) is 13.6. The minimum Gasteiger partial charge on any atom is -0.454 e. The van der Waals surface area contributed by atoms with Gasteiger partial charge >= 0.3 is 6.18 Å². The van der Waals surface area contributed by atoms with Crippen LogP contribution in [0.25, 0.3) is 0 Å². The third-order valence-corrected chi connectivity index (χ3v) is 4.11. The lowest BCUT2D eigenvalue weighted by Crippen LogP contribution is -2.37. The topological polar surface area (TPSA) is 54.9 Å². The maximum Gasteiger partial charge on any atom is 0.416 e. The van der Waals surface area contributed by atoms with Gasteiger partial charge in [0.2, 0.25) is 6.79 Å². The lowest BCUT2D eigenvalue weighted by atomic mass is 10.1. The first-order valence-corrected chi connectivity index (χ1v) is 8.45. The average Bonchev–Trinajstić information content (AvgIpc) is 3.12. The summed E-state index contributed by atoms with van der Waals surface area (Å²) in [5.74, 6) is 2.07. The molecular formula is C19H20F3N3O2. The molecule has 1 heterocycles. The Kier molecular flexibility index (Phi) is 5.73. The maximum absolute atomic E-state index is 12.6. The molecule has 0 fully saturated rings. The van der Waals surface area contributed by atoms with Crippen LogP contribution in [-0.4, -0.2) is 26.3 Å². The Morgan fingerprint density at radius 3 is 2.41 bits per heavy atom. The number of nitrogens with zero attached hydrogens (tertiary/aromatic N) is 1. The predicted octanol–water partition coefficient (Wildman–Crippen LogP) is 3.34. The second-order valence-electron chi connectivity index (χ2n) is 5.98. The standard InChI is InChI=1S/C19H20F3N3O2/c1-23-18(25-11-14-4-7-16-17(10-14)27-12-26-16)24-9-8-13-2-5-15(6-3-13)19(20,21)22/h2-7,10H,8-9,11-12H2,1H3,(H2,23,24,25). The monoisotopic (exact) mass is 379 g/mol. The molecular weight excluding hydrogens is 359 g/mol. The molecule has 0 aliphatic carbocycles. The van der Waals surface area contributed by atoms with Gasteiger partial charge in [-0.3, -0.25) is 4.99 Å². The quantitative estimate of drug-likeness (QED) is 0.618. The van der Waals surface area contributed by atoms with E-state index in [1.807, 2.05) is 18.2 Å². The molecule has 3 rings (SSSR count). The second-order valence-corrected chi connectivity index (χ2v) is 5.98. The van der Waals surface area contributed by atoms with Crippen LogP contribution in [0.15, 0.2) is 47.5 Å². The molecule has 0 atom stereocenters. The number of halogens is 3. The van der Waals surface area contributed by atoms with Crippen LogP contribution in [0.4, 0.5) is 13.2 Å². The minimum absolute atomic E-state index is 0.236. The summed E-state index contributed by atoms with van der Waals surface area (Å²) >= 11 is 0. The minimum atomic E-state index is -4.31. The number of hydrogen-bond donors (Lipinski definition) is 2.